The molecular weight excluding hydrogens is 436 g/mol. The normalized spacial score (nSPS) is 18.1. The number of aryl methyl sites for hydroxylation is 1. The predicted octanol–water partition coefficient (Wildman–Crippen LogP) is 5.89. The Bertz CT molecular complexity index is 1120. The van der Waals surface area contributed by atoms with Crippen molar-refractivity contribution in [3.05, 3.63) is 89.5 Å². The molecule has 0 aliphatic carbocycles. The fourth-order valence-electron chi connectivity index (χ4n) is 5.26. The lowest BCUT2D eigenvalue weighted by atomic mass is 9.90. The molecule has 1 atom stereocenters. The number of ether oxygens (including phenoxy) is 2. The molecule has 5 heteroatoms. The highest BCUT2D eigenvalue weighted by atomic mass is 16.5. The number of likely N-dealkylation sites (tertiary alicyclic amines) is 1. The Labute approximate surface area is 208 Å². The lowest BCUT2D eigenvalue weighted by Crippen LogP contribution is -2.38. The zero-order valence-corrected chi connectivity index (χ0v) is 20.5. The summed E-state index contributed by atoms with van der Waals surface area (Å²) in [7, 11) is 1.68. The number of piperidine rings is 1. The van der Waals surface area contributed by atoms with Gasteiger partial charge in [-0.2, -0.15) is 0 Å². The number of hydrogen-bond donors (Lipinski definition) is 0. The number of carbonyl (C=O) groups is 1. The van der Waals surface area contributed by atoms with Crippen molar-refractivity contribution in [2.45, 2.75) is 38.1 Å². The van der Waals surface area contributed by atoms with E-state index >= 15 is 0 Å². The lowest BCUT2D eigenvalue weighted by molar-refractivity contribution is 0.0972. The number of methoxy groups -OCH3 is 1. The molecule has 0 spiro atoms. The van der Waals surface area contributed by atoms with Gasteiger partial charge in [0, 0.05) is 17.8 Å². The quantitative estimate of drug-likeness (QED) is 0.432. The van der Waals surface area contributed by atoms with E-state index in [1.807, 2.05) is 59.5 Å². The summed E-state index contributed by atoms with van der Waals surface area (Å²) in [5, 5.41) is 0. The topological polar surface area (TPSA) is 42.0 Å². The second-order valence-corrected chi connectivity index (χ2v) is 9.41. The van der Waals surface area contributed by atoms with Crippen molar-refractivity contribution in [2.75, 3.05) is 38.3 Å². The van der Waals surface area contributed by atoms with E-state index in [1.165, 1.54) is 32.4 Å². The van der Waals surface area contributed by atoms with E-state index < -0.39 is 0 Å². The van der Waals surface area contributed by atoms with Gasteiger partial charge in [0.25, 0.3) is 5.91 Å². The molecule has 2 heterocycles. The Morgan fingerprint density at radius 3 is 2.40 bits per heavy atom. The molecule has 0 radical (unpaired) electrons. The molecule has 3 aromatic carbocycles. The molecule has 2 aliphatic rings. The fraction of sp³-hybridized carbons (Fsp3) is 0.367. The first kappa shape index (κ1) is 23.4. The largest absolute Gasteiger partial charge is 0.497 e. The summed E-state index contributed by atoms with van der Waals surface area (Å²) in [6, 6.07) is 23.9. The van der Waals surface area contributed by atoms with Gasteiger partial charge in [-0.15, -0.1) is 0 Å². The van der Waals surface area contributed by atoms with Crippen LogP contribution in [-0.2, 0) is 6.42 Å². The van der Waals surface area contributed by atoms with Gasteiger partial charge in [-0.25, -0.2) is 0 Å². The third-order valence-corrected chi connectivity index (χ3v) is 7.17. The molecule has 1 saturated heterocycles. The Kier molecular flexibility index (Phi) is 7.34. The Morgan fingerprint density at radius 2 is 1.66 bits per heavy atom. The number of carbonyl (C=O) groups excluding carboxylic acids is 1. The third kappa shape index (κ3) is 5.35. The van der Waals surface area contributed by atoms with Gasteiger partial charge in [-0.3, -0.25) is 9.69 Å². The molecule has 35 heavy (non-hydrogen) atoms. The van der Waals surface area contributed by atoms with Crippen LogP contribution in [0.3, 0.4) is 0 Å². The highest BCUT2D eigenvalue weighted by molar-refractivity contribution is 6.07. The zero-order valence-electron chi connectivity index (χ0n) is 20.5. The minimum atomic E-state index is -0.00920. The fourth-order valence-corrected chi connectivity index (χ4v) is 5.26. The molecule has 5 nitrogen and oxygen atoms in total. The molecule has 1 amide bonds. The van der Waals surface area contributed by atoms with Crippen molar-refractivity contribution in [2.24, 2.45) is 0 Å². The van der Waals surface area contributed by atoms with Crippen LogP contribution in [0.5, 0.6) is 11.5 Å². The Morgan fingerprint density at radius 1 is 0.914 bits per heavy atom. The van der Waals surface area contributed by atoms with Crippen molar-refractivity contribution in [3.63, 3.8) is 0 Å². The first-order chi connectivity index (χ1) is 17.2. The summed E-state index contributed by atoms with van der Waals surface area (Å²) in [5.74, 6) is 1.63. The van der Waals surface area contributed by atoms with E-state index in [4.69, 9.17) is 9.47 Å². The highest BCUT2D eigenvalue weighted by Gasteiger charge is 2.33. The van der Waals surface area contributed by atoms with Crippen molar-refractivity contribution in [1.82, 2.24) is 4.90 Å². The summed E-state index contributed by atoms with van der Waals surface area (Å²) >= 11 is 0. The molecule has 0 bridgehead atoms. The van der Waals surface area contributed by atoms with E-state index in [2.05, 4.69) is 23.1 Å². The van der Waals surface area contributed by atoms with Gasteiger partial charge in [0.15, 0.2) is 0 Å². The molecule has 3 aromatic rings. The van der Waals surface area contributed by atoms with Gasteiger partial charge in [-0.05, 0) is 92.4 Å². The zero-order chi connectivity index (χ0) is 24.0. The molecule has 0 saturated carbocycles. The molecule has 5 rings (SSSR count). The maximum atomic E-state index is 13.9. The van der Waals surface area contributed by atoms with Crippen LogP contribution >= 0.6 is 0 Å². The highest BCUT2D eigenvalue weighted by Crippen LogP contribution is 2.41. The number of nitrogens with zero attached hydrogens (tertiary/aromatic N) is 2. The lowest BCUT2D eigenvalue weighted by Gasteiger charge is -2.38. The van der Waals surface area contributed by atoms with Crippen molar-refractivity contribution < 1.29 is 14.3 Å². The van der Waals surface area contributed by atoms with Crippen LogP contribution in [0.4, 0.5) is 5.69 Å². The first-order valence-electron chi connectivity index (χ1n) is 12.7. The van der Waals surface area contributed by atoms with Crippen molar-refractivity contribution in [1.29, 1.82) is 0 Å². The van der Waals surface area contributed by atoms with Crippen molar-refractivity contribution >= 4 is 11.6 Å². The van der Waals surface area contributed by atoms with E-state index in [1.54, 1.807) is 7.11 Å². The third-order valence-electron chi connectivity index (χ3n) is 7.17. The average Bonchev–Trinajstić information content (AvgIpc) is 2.93. The number of anilines is 1. The standard InChI is InChI=1S/C30H34N2O3/c1-34-27-15-17-29-25(22-27)12-16-28(23-8-4-2-5-9-23)32(29)30(33)24-10-13-26(14-11-24)35-21-20-31-18-6-3-7-19-31/h2,4-5,8-11,13-15,17,22,28H,3,6-7,12,16,18-21H2,1H3. The Balaban J connectivity index is 1.34. The van der Waals surface area contributed by atoms with Crippen molar-refractivity contribution in [3.8, 4) is 11.5 Å². The maximum Gasteiger partial charge on any atom is 0.258 e. The second-order valence-electron chi connectivity index (χ2n) is 9.41. The number of amides is 1. The maximum absolute atomic E-state index is 13.9. The monoisotopic (exact) mass is 470 g/mol. The number of benzene rings is 3. The minimum absolute atomic E-state index is 0.00448. The van der Waals surface area contributed by atoms with Crippen LogP contribution in [0.2, 0.25) is 0 Å². The molecule has 1 unspecified atom stereocenters. The summed E-state index contributed by atoms with van der Waals surface area (Å²) in [4.78, 5) is 18.3. The van der Waals surface area contributed by atoms with Gasteiger partial charge >= 0.3 is 0 Å². The second kappa shape index (κ2) is 11.0. The van der Waals surface area contributed by atoms with Gasteiger partial charge in [-0.1, -0.05) is 36.8 Å². The van der Waals surface area contributed by atoms with E-state index in [9.17, 15) is 4.79 Å². The number of hydrogen-bond acceptors (Lipinski definition) is 4. The van der Waals surface area contributed by atoms with Crippen LogP contribution < -0.4 is 14.4 Å². The summed E-state index contributed by atoms with van der Waals surface area (Å²) in [6.07, 6.45) is 5.68. The number of rotatable bonds is 7. The van der Waals surface area contributed by atoms with Gasteiger partial charge in [0.2, 0.25) is 0 Å². The smallest absolute Gasteiger partial charge is 0.258 e. The Hall–Kier alpha value is -3.31. The van der Waals surface area contributed by atoms with Crippen LogP contribution in [0.25, 0.3) is 0 Å². The van der Waals surface area contributed by atoms with E-state index in [-0.39, 0.29) is 11.9 Å². The van der Waals surface area contributed by atoms with E-state index in [0.29, 0.717) is 12.2 Å². The predicted molar refractivity (Wildman–Crippen MR) is 140 cm³/mol. The first-order valence-corrected chi connectivity index (χ1v) is 12.7. The van der Waals surface area contributed by atoms with Crippen LogP contribution in [0.15, 0.2) is 72.8 Å². The summed E-state index contributed by atoms with van der Waals surface area (Å²) in [6.45, 7) is 3.96. The molecule has 0 N–H and O–H groups in total. The van der Waals surface area contributed by atoms with Crippen LogP contribution in [-0.4, -0.2) is 44.2 Å². The average molecular weight is 471 g/mol. The summed E-state index contributed by atoms with van der Waals surface area (Å²) < 4.78 is 11.4. The van der Waals surface area contributed by atoms with Crippen LogP contribution in [0, 0.1) is 0 Å². The van der Waals surface area contributed by atoms with Gasteiger partial charge in [0.05, 0.1) is 13.2 Å². The van der Waals surface area contributed by atoms with Crippen LogP contribution in [0.1, 0.15) is 53.2 Å². The van der Waals surface area contributed by atoms with E-state index in [0.717, 1.165) is 47.7 Å². The number of fused-ring (bicyclic) bond motifs is 1. The SMILES string of the molecule is COc1ccc2c(c1)CCC(c1ccccc1)N2C(=O)c1ccc(OCCN2CCCCC2)cc1. The molecule has 1 fully saturated rings. The van der Waals surface area contributed by atoms with Gasteiger partial charge < -0.3 is 14.4 Å². The molecule has 182 valence electrons. The molecule has 0 aromatic heterocycles. The minimum Gasteiger partial charge on any atom is -0.497 e. The summed E-state index contributed by atoms with van der Waals surface area (Å²) in [5.41, 5.74) is 3.92. The molecular formula is C30H34N2O3. The van der Waals surface area contributed by atoms with Gasteiger partial charge in [0.1, 0.15) is 18.1 Å². The molecule has 2 aliphatic heterocycles.